The van der Waals surface area contributed by atoms with Crippen LogP contribution in [0.25, 0.3) is 0 Å². The molecule has 2 nitrogen and oxygen atoms in total. The van der Waals surface area contributed by atoms with Crippen molar-refractivity contribution in [3.63, 3.8) is 0 Å². The quantitative estimate of drug-likeness (QED) is 0.899. The Hall–Kier alpha value is -1.74. The molecule has 0 fully saturated rings. The Labute approximate surface area is 110 Å². The van der Waals surface area contributed by atoms with Gasteiger partial charge in [0.2, 0.25) is 0 Å². The fraction of sp³-hybridized carbons (Fsp3) is 0.143. The van der Waals surface area contributed by atoms with Crippen LogP contribution in [0.1, 0.15) is 5.56 Å². The Kier molecular flexibility index (Phi) is 4.05. The molecule has 0 heterocycles. The molecule has 0 spiro atoms. The van der Waals surface area contributed by atoms with E-state index in [4.69, 9.17) is 16.3 Å². The normalized spacial score (nSPS) is 10.2. The SMILES string of the molecule is COc1cccc(CNc2cccc(Cl)c2F)c1. The molecule has 0 aliphatic carbocycles. The van der Waals surface area contributed by atoms with E-state index in [1.807, 2.05) is 24.3 Å². The minimum Gasteiger partial charge on any atom is -0.497 e. The summed E-state index contributed by atoms with van der Waals surface area (Å²) in [7, 11) is 1.61. The maximum absolute atomic E-state index is 13.6. The molecule has 0 bridgehead atoms. The zero-order chi connectivity index (χ0) is 13.0. The van der Waals surface area contributed by atoms with Gasteiger partial charge in [0.1, 0.15) is 5.75 Å². The molecule has 0 aliphatic heterocycles. The van der Waals surface area contributed by atoms with Crippen LogP contribution in [-0.2, 0) is 6.54 Å². The molecule has 0 saturated heterocycles. The summed E-state index contributed by atoms with van der Waals surface area (Å²) >= 11 is 5.71. The van der Waals surface area contributed by atoms with E-state index >= 15 is 0 Å². The average molecular weight is 266 g/mol. The Morgan fingerprint density at radius 1 is 1.22 bits per heavy atom. The minimum absolute atomic E-state index is 0.116. The highest BCUT2D eigenvalue weighted by atomic mass is 35.5. The molecule has 4 heteroatoms. The van der Waals surface area contributed by atoms with E-state index in [0.29, 0.717) is 12.2 Å². The standard InChI is InChI=1S/C14H13ClFNO/c1-18-11-5-2-4-10(8-11)9-17-13-7-3-6-12(15)14(13)16/h2-8,17H,9H2,1H3. The number of rotatable bonds is 4. The lowest BCUT2D eigenvalue weighted by Gasteiger charge is -2.09. The second-order valence-corrected chi connectivity index (χ2v) is 4.21. The first-order valence-corrected chi connectivity index (χ1v) is 5.89. The van der Waals surface area contributed by atoms with Gasteiger partial charge in [-0.05, 0) is 29.8 Å². The molecular weight excluding hydrogens is 253 g/mol. The van der Waals surface area contributed by atoms with Gasteiger partial charge in [-0.25, -0.2) is 4.39 Å². The van der Waals surface area contributed by atoms with Gasteiger partial charge in [-0.2, -0.15) is 0 Å². The first kappa shape index (κ1) is 12.7. The highest BCUT2D eigenvalue weighted by molar-refractivity contribution is 6.31. The number of benzene rings is 2. The first-order valence-electron chi connectivity index (χ1n) is 5.51. The summed E-state index contributed by atoms with van der Waals surface area (Å²) in [5, 5.41) is 3.12. The molecular formula is C14H13ClFNO. The predicted octanol–water partition coefficient (Wildman–Crippen LogP) is 4.10. The van der Waals surface area contributed by atoms with Gasteiger partial charge >= 0.3 is 0 Å². The number of methoxy groups -OCH3 is 1. The molecule has 0 amide bonds. The molecule has 2 rings (SSSR count). The van der Waals surface area contributed by atoms with Crippen molar-refractivity contribution >= 4 is 17.3 Å². The predicted molar refractivity (Wildman–Crippen MR) is 71.7 cm³/mol. The zero-order valence-corrected chi connectivity index (χ0v) is 10.7. The summed E-state index contributed by atoms with van der Waals surface area (Å²) in [5.74, 6) is 0.350. The summed E-state index contributed by atoms with van der Waals surface area (Å²) in [5.41, 5.74) is 1.40. The molecule has 0 atom stereocenters. The van der Waals surface area contributed by atoms with Crippen LogP contribution in [0.15, 0.2) is 42.5 Å². The van der Waals surface area contributed by atoms with Crippen LogP contribution in [0, 0.1) is 5.82 Å². The molecule has 0 unspecified atom stereocenters. The Bertz CT molecular complexity index is 545. The van der Waals surface area contributed by atoms with Crippen LogP contribution in [0.3, 0.4) is 0 Å². The van der Waals surface area contributed by atoms with E-state index in [1.165, 1.54) is 6.07 Å². The van der Waals surface area contributed by atoms with Gasteiger partial charge in [0.15, 0.2) is 5.82 Å². The largest absolute Gasteiger partial charge is 0.497 e. The molecule has 94 valence electrons. The van der Waals surface area contributed by atoms with E-state index in [0.717, 1.165) is 11.3 Å². The van der Waals surface area contributed by atoms with Gasteiger partial charge < -0.3 is 10.1 Å². The minimum atomic E-state index is -0.429. The average Bonchev–Trinajstić information content (AvgIpc) is 2.41. The van der Waals surface area contributed by atoms with E-state index in [2.05, 4.69) is 5.32 Å². The Balaban J connectivity index is 2.09. The van der Waals surface area contributed by atoms with Crippen molar-refractivity contribution in [3.05, 3.63) is 58.9 Å². The highest BCUT2D eigenvalue weighted by Crippen LogP contribution is 2.22. The van der Waals surface area contributed by atoms with E-state index in [-0.39, 0.29) is 5.02 Å². The summed E-state index contributed by atoms with van der Waals surface area (Å²) in [6, 6.07) is 12.5. The third kappa shape index (κ3) is 2.93. The van der Waals surface area contributed by atoms with Gasteiger partial charge in [0.25, 0.3) is 0 Å². The van der Waals surface area contributed by atoms with Crippen LogP contribution in [-0.4, -0.2) is 7.11 Å². The van der Waals surface area contributed by atoms with Crippen LogP contribution < -0.4 is 10.1 Å². The molecule has 0 radical (unpaired) electrons. The summed E-state index contributed by atoms with van der Waals surface area (Å²) in [4.78, 5) is 0. The lowest BCUT2D eigenvalue weighted by molar-refractivity contribution is 0.414. The van der Waals surface area contributed by atoms with E-state index < -0.39 is 5.82 Å². The number of nitrogens with one attached hydrogen (secondary N) is 1. The second-order valence-electron chi connectivity index (χ2n) is 3.81. The van der Waals surface area contributed by atoms with Gasteiger partial charge in [0.05, 0.1) is 17.8 Å². The zero-order valence-electron chi connectivity index (χ0n) is 9.91. The Morgan fingerprint density at radius 3 is 2.78 bits per heavy atom. The number of ether oxygens (including phenoxy) is 1. The molecule has 18 heavy (non-hydrogen) atoms. The smallest absolute Gasteiger partial charge is 0.164 e. The van der Waals surface area contributed by atoms with Crippen molar-refractivity contribution < 1.29 is 9.13 Å². The van der Waals surface area contributed by atoms with Crippen molar-refractivity contribution in [2.45, 2.75) is 6.54 Å². The summed E-state index contributed by atoms with van der Waals surface area (Å²) < 4.78 is 18.8. The summed E-state index contributed by atoms with van der Waals surface area (Å²) in [6.45, 7) is 0.508. The highest BCUT2D eigenvalue weighted by Gasteiger charge is 2.05. The lowest BCUT2D eigenvalue weighted by atomic mass is 10.2. The monoisotopic (exact) mass is 265 g/mol. The summed E-state index contributed by atoms with van der Waals surface area (Å²) in [6.07, 6.45) is 0. The number of hydrogen-bond acceptors (Lipinski definition) is 2. The maximum Gasteiger partial charge on any atom is 0.164 e. The van der Waals surface area contributed by atoms with Gasteiger partial charge in [-0.15, -0.1) is 0 Å². The van der Waals surface area contributed by atoms with Crippen LogP contribution in [0.5, 0.6) is 5.75 Å². The van der Waals surface area contributed by atoms with Crippen molar-refractivity contribution in [3.8, 4) is 5.75 Å². The van der Waals surface area contributed by atoms with Gasteiger partial charge in [-0.3, -0.25) is 0 Å². The maximum atomic E-state index is 13.6. The van der Waals surface area contributed by atoms with Crippen molar-refractivity contribution in [1.82, 2.24) is 0 Å². The van der Waals surface area contributed by atoms with Gasteiger partial charge in [0, 0.05) is 6.54 Å². The molecule has 0 saturated carbocycles. The van der Waals surface area contributed by atoms with E-state index in [9.17, 15) is 4.39 Å². The number of halogens is 2. The molecule has 2 aromatic rings. The van der Waals surface area contributed by atoms with Crippen molar-refractivity contribution in [2.75, 3.05) is 12.4 Å². The molecule has 0 aliphatic rings. The fourth-order valence-electron chi connectivity index (χ4n) is 1.62. The Morgan fingerprint density at radius 2 is 2.00 bits per heavy atom. The fourth-order valence-corrected chi connectivity index (χ4v) is 1.79. The third-order valence-corrected chi connectivity index (χ3v) is 2.86. The molecule has 0 aromatic heterocycles. The number of hydrogen-bond donors (Lipinski definition) is 1. The van der Waals surface area contributed by atoms with E-state index in [1.54, 1.807) is 19.2 Å². The van der Waals surface area contributed by atoms with Crippen molar-refractivity contribution in [2.24, 2.45) is 0 Å². The molecule has 2 aromatic carbocycles. The third-order valence-electron chi connectivity index (χ3n) is 2.57. The van der Waals surface area contributed by atoms with Crippen LogP contribution in [0.2, 0.25) is 5.02 Å². The lowest BCUT2D eigenvalue weighted by Crippen LogP contribution is -2.01. The number of anilines is 1. The topological polar surface area (TPSA) is 21.3 Å². The van der Waals surface area contributed by atoms with Gasteiger partial charge in [-0.1, -0.05) is 29.8 Å². The van der Waals surface area contributed by atoms with Crippen molar-refractivity contribution in [1.29, 1.82) is 0 Å². The first-order chi connectivity index (χ1) is 8.70. The van der Waals surface area contributed by atoms with Crippen LogP contribution >= 0.6 is 11.6 Å². The molecule has 1 N–H and O–H groups in total. The van der Waals surface area contributed by atoms with Crippen LogP contribution in [0.4, 0.5) is 10.1 Å². The second kappa shape index (κ2) is 5.74.